The van der Waals surface area contributed by atoms with Crippen LogP contribution in [0, 0.1) is 0 Å². The number of esters is 1. The smallest absolute Gasteiger partial charge is 0.379 e. The Bertz CT molecular complexity index is 365. The first-order valence-corrected chi connectivity index (χ1v) is 4.03. The standard InChI is InChI=1S/C11H10O3/c1-8(10(12)11(13)14-2)9-6-4-3-5-7-9/h3-7H,1H2,2H3. The highest BCUT2D eigenvalue weighted by Gasteiger charge is 2.18. The minimum absolute atomic E-state index is 0.150. The van der Waals surface area contributed by atoms with Crippen LogP contribution in [0.4, 0.5) is 0 Å². The van der Waals surface area contributed by atoms with E-state index in [1.54, 1.807) is 24.3 Å². The Morgan fingerprint density at radius 1 is 1.21 bits per heavy atom. The second-order valence-corrected chi connectivity index (χ2v) is 2.67. The van der Waals surface area contributed by atoms with Crippen molar-refractivity contribution in [3.05, 3.63) is 42.5 Å². The number of carbonyl (C=O) groups excluding carboxylic acids is 2. The predicted molar refractivity (Wildman–Crippen MR) is 52.5 cm³/mol. The molecule has 0 atom stereocenters. The minimum Gasteiger partial charge on any atom is -0.463 e. The number of Topliss-reactive ketones (excluding diaryl/α,β-unsaturated/α-hetero) is 1. The van der Waals surface area contributed by atoms with Gasteiger partial charge in [-0.2, -0.15) is 0 Å². The van der Waals surface area contributed by atoms with Crippen LogP contribution in [0.25, 0.3) is 5.57 Å². The lowest BCUT2D eigenvalue weighted by Gasteiger charge is -2.02. The zero-order valence-corrected chi connectivity index (χ0v) is 7.82. The summed E-state index contributed by atoms with van der Waals surface area (Å²) in [5, 5.41) is 0. The lowest BCUT2D eigenvalue weighted by molar-refractivity contribution is -0.148. The van der Waals surface area contributed by atoms with Crippen LogP contribution < -0.4 is 0 Å². The summed E-state index contributed by atoms with van der Waals surface area (Å²) in [6.45, 7) is 3.54. The number of hydrogen-bond acceptors (Lipinski definition) is 3. The first-order chi connectivity index (χ1) is 6.66. The van der Waals surface area contributed by atoms with Crippen LogP contribution in [0.3, 0.4) is 0 Å². The third-order valence-electron chi connectivity index (χ3n) is 1.77. The third kappa shape index (κ3) is 2.07. The van der Waals surface area contributed by atoms with Gasteiger partial charge in [0.2, 0.25) is 0 Å². The van der Waals surface area contributed by atoms with E-state index in [0.29, 0.717) is 5.56 Å². The van der Waals surface area contributed by atoms with Gasteiger partial charge in [0.1, 0.15) is 0 Å². The molecule has 1 aromatic rings. The van der Waals surface area contributed by atoms with Crippen molar-refractivity contribution in [1.82, 2.24) is 0 Å². The van der Waals surface area contributed by atoms with Crippen molar-refractivity contribution in [2.24, 2.45) is 0 Å². The maximum atomic E-state index is 11.3. The van der Waals surface area contributed by atoms with E-state index >= 15 is 0 Å². The second kappa shape index (κ2) is 4.37. The molecule has 3 nitrogen and oxygen atoms in total. The fourth-order valence-electron chi connectivity index (χ4n) is 0.986. The van der Waals surface area contributed by atoms with Gasteiger partial charge in [-0.1, -0.05) is 36.9 Å². The fourth-order valence-corrected chi connectivity index (χ4v) is 0.986. The van der Waals surface area contributed by atoms with E-state index in [1.165, 1.54) is 7.11 Å². The van der Waals surface area contributed by atoms with Crippen LogP contribution in [0.15, 0.2) is 36.9 Å². The zero-order chi connectivity index (χ0) is 10.6. The fraction of sp³-hybridized carbons (Fsp3) is 0.0909. The van der Waals surface area contributed by atoms with Gasteiger partial charge < -0.3 is 4.74 Å². The van der Waals surface area contributed by atoms with Gasteiger partial charge in [0.15, 0.2) is 0 Å². The number of methoxy groups -OCH3 is 1. The lowest BCUT2D eigenvalue weighted by Crippen LogP contribution is -2.16. The number of ketones is 1. The molecule has 0 aliphatic heterocycles. The maximum absolute atomic E-state index is 11.3. The van der Waals surface area contributed by atoms with Gasteiger partial charge in [0.05, 0.1) is 7.11 Å². The summed E-state index contributed by atoms with van der Waals surface area (Å²) in [6, 6.07) is 8.78. The minimum atomic E-state index is -0.890. The molecule has 1 aromatic carbocycles. The Morgan fingerprint density at radius 3 is 2.29 bits per heavy atom. The summed E-state index contributed by atoms with van der Waals surface area (Å²) in [4.78, 5) is 22.2. The average molecular weight is 190 g/mol. The highest BCUT2D eigenvalue weighted by molar-refractivity contribution is 6.51. The van der Waals surface area contributed by atoms with Crippen molar-refractivity contribution in [2.45, 2.75) is 0 Å². The van der Waals surface area contributed by atoms with E-state index in [4.69, 9.17) is 0 Å². The molecule has 1 rings (SSSR count). The summed E-state index contributed by atoms with van der Waals surface area (Å²) in [7, 11) is 1.17. The van der Waals surface area contributed by atoms with E-state index in [2.05, 4.69) is 11.3 Å². The van der Waals surface area contributed by atoms with Gasteiger partial charge in [-0.05, 0) is 5.56 Å². The molecule has 0 unspecified atom stereocenters. The largest absolute Gasteiger partial charge is 0.463 e. The van der Waals surface area contributed by atoms with Crippen LogP contribution in [-0.4, -0.2) is 18.9 Å². The summed E-state index contributed by atoms with van der Waals surface area (Å²) in [5.41, 5.74) is 0.778. The molecular weight excluding hydrogens is 180 g/mol. The molecule has 0 fully saturated rings. The molecule has 0 saturated carbocycles. The molecule has 0 saturated heterocycles. The summed E-state index contributed by atoms with van der Waals surface area (Å²) >= 11 is 0. The van der Waals surface area contributed by atoms with E-state index in [9.17, 15) is 9.59 Å². The van der Waals surface area contributed by atoms with Gasteiger partial charge in [0.25, 0.3) is 5.78 Å². The second-order valence-electron chi connectivity index (χ2n) is 2.67. The molecule has 0 heterocycles. The van der Waals surface area contributed by atoms with E-state index in [0.717, 1.165) is 0 Å². The molecule has 0 radical (unpaired) electrons. The Morgan fingerprint density at radius 2 is 1.79 bits per heavy atom. The number of rotatable bonds is 3. The Labute approximate surface area is 82.0 Å². The van der Waals surface area contributed by atoms with Crippen LogP contribution >= 0.6 is 0 Å². The van der Waals surface area contributed by atoms with Gasteiger partial charge in [-0.3, -0.25) is 4.79 Å². The first-order valence-electron chi connectivity index (χ1n) is 4.03. The molecule has 72 valence electrons. The topological polar surface area (TPSA) is 43.4 Å². The molecule has 0 spiro atoms. The van der Waals surface area contributed by atoms with Crippen LogP contribution in [0.1, 0.15) is 5.56 Å². The summed E-state index contributed by atoms with van der Waals surface area (Å²) < 4.78 is 4.31. The van der Waals surface area contributed by atoms with Crippen molar-refractivity contribution in [2.75, 3.05) is 7.11 Å². The average Bonchev–Trinajstić information content (AvgIpc) is 2.27. The van der Waals surface area contributed by atoms with E-state index in [1.807, 2.05) is 6.07 Å². The van der Waals surface area contributed by atoms with Crippen LogP contribution in [0.2, 0.25) is 0 Å². The van der Waals surface area contributed by atoms with Gasteiger partial charge in [-0.25, -0.2) is 4.79 Å². The van der Waals surface area contributed by atoms with Crippen LogP contribution in [0.5, 0.6) is 0 Å². The highest BCUT2D eigenvalue weighted by atomic mass is 16.5. The molecular formula is C11H10O3. The Balaban J connectivity index is 2.87. The number of benzene rings is 1. The van der Waals surface area contributed by atoms with Crippen molar-refractivity contribution >= 4 is 17.3 Å². The summed E-state index contributed by atoms with van der Waals surface area (Å²) in [5.74, 6) is -1.60. The van der Waals surface area contributed by atoms with Gasteiger partial charge >= 0.3 is 5.97 Å². The molecule has 0 aliphatic rings. The predicted octanol–water partition coefficient (Wildman–Crippen LogP) is 1.44. The van der Waals surface area contributed by atoms with Crippen molar-refractivity contribution in [3.63, 3.8) is 0 Å². The number of hydrogen-bond donors (Lipinski definition) is 0. The van der Waals surface area contributed by atoms with E-state index < -0.39 is 11.8 Å². The monoisotopic (exact) mass is 190 g/mol. The number of carbonyl (C=O) groups is 2. The molecule has 0 amide bonds. The molecule has 0 N–H and O–H groups in total. The third-order valence-corrected chi connectivity index (χ3v) is 1.77. The molecule has 0 bridgehead atoms. The van der Waals surface area contributed by atoms with Crippen LogP contribution in [-0.2, 0) is 14.3 Å². The van der Waals surface area contributed by atoms with Crippen molar-refractivity contribution in [3.8, 4) is 0 Å². The Kier molecular flexibility index (Phi) is 3.18. The van der Waals surface area contributed by atoms with Crippen molar-refractivity contribution < 1.29 is 14.3 Å². The van der Waals surface area contributed by atoms with Gasteiger partial charge in [-0.15, -0.1) is 0 Å². The summed E-state index contributed by atoms with van der Waals surface area (Å²) in [6.07, 6.45) is 0. The lowest BCUT2D eigenvalue weighted by atomic mass is 10.0. The molecule has 0 aromatic heterocycles. The first kappa shape index (κ1) is 10.2. The number of ether oxygens (including phenoxy) is 1. The SMILES string of the molecule is C=C(C(=O)C(=O)OC)c1ccccc1. The normalized spacial score (nSPS) is 9.21. The zero-order valence-electron chi connectivity index (χ0n) is 7.82. The van der Waals surface area contributed by atoms with Crippen molar-refractivity contribution in [1.29, 1.82) is 0 Å². The van der Waals surface area contributed by atoms with E-state index in [-0.39, 0.29) is 5.57 Å². The molecule has 0 aliphatic carbocycles. The Hall–Kier alpha value is -1.90. The van der Waals surface area contributed by atoms with Gasteiger partial charge in [0, 0.05) is 5.57 Å². The highest BCUT2D eigenvalue weighted by Crippen LogP contribution is 2.12. The quantitative estimate of drug-likeness (QED) is 0.411. The molecule has 3 heteroatoms. The maximum Gasteiger partial charge on any atom is 0.379 e. The molecule has 14 heavy (non-hydrogen) atoms.